The third kappa shape index (κ3) is 3.27. The van der Waals surface area contributed by atoms with Crippen LogP contribution >= 0.6 is 11.6 Å². The molecule has 1 aromatic carbocycles. The van der Waals surface area contributed by atoms with E-state index >= 15 is 0 Å². The minimum absolute atomic E-state index is 0.0156. The molecule has 19 heavy (non-hydrogen) atoms. The number of hydrogen-bond donors (Lipinski definition) is 1. The van der Waals surface area contributed by atoms with Gasteiger partial charge in [-0.15, -0.1) is 5.10 Å². The average Bonchev–Trinajstić information content (AvgIpc) is 2.79. The van der Waals surface area contributed by atoms with Gasteiger partial charge in [0.15, 0.2) is 0 Å². The molecule has 2 rings (SSSR count). The zero-order valence-corrected chi connectivity index (χ0v) is 11.0. The van der Waals surface area contributed by atoms with Crippen molar-refractivity contribution in [3.05, 3.63) is 50.8 Å². The van der Waals surface area contributed by atoms with E-state index < -0.39 is 4.92 Å². The van der Waals surface area contributed by atoms with Gasteiger partial charge in [0.05, 0.1) is 28.9 Å². The van der Waals surface area contributed by atoms with Gasteiger partial charge in [-0.3, -0.25) is 10.1 Å². The largest absolute Gasteiger partial charge is 0.314 e. The highest BCUT2D eigenvalue weighted by molar-refractivity contribution is 6.30. The highest BCUT2D eigenvalue weighted by Crippen LogP contribution is 2.23. The number of nitrogens with one attached hydrogen (secondary N) is 1. The first kappa shape index (κ1) is 13.4. The molecule has 100 valence electrons. The maximum atomic E-state index is 11.0. The molecule has 0 aliphatic carbocycles. The first-order valence-corrected chi connectivity index (χ1v) is 5.94. The van der Waals surface area contributed by atoms with Crippen LogP contribution in [0, 0.1) is 10.1 Å². The quantitative estimate of drug-likeness (QED) is 0.665. The molecule has 0 aliphatic rings. The molecule has 0 fully saturated rings. The summed E-state index contributed by atoms with van der Waals surface area (Å²) >= 11 is 5.76. The molecule has 7 nitrogen and oxygen atoms in total. The molecule has 0 saturated carbocycles. The lowest BCUT2D eigenvalue weighted by molar-refractivity contribution is -0.385. The van der Waals surface area contributed by atoms with Gasteiger partial charge in [-0.25, -0.2) is 4.68 Å². The number of hydrogen-bond acceptors (Lipinski definition) is 5. The lowest BCUT2D eigenvalue weighted by Gasteiger charge is -2.03. The molecule has 2 aromatic rings. The smallest absolute Gasteiger partial charge is 0.275 e. The normalized spacial score (nSPS) is 10.6. The molecule has 0 aliphatic heterocycles. The van der Waals surface area contributed by atoms with Gasteiger partial charge < -0.3 is 5.32 Å². The molecule has 0 radical (unpaired) electrons. The van der Waals surface area contributed by atoms with Crippen molar-refractivity contribution < 1.29 is 4.92 Å². The van der Waals surface area contributed by atoms with Crippen LogP contribution in [0.15, 0.2) is 24.4 Å². The summed E-state index contributed by atoms with van der Waals surface area (Å²) in [7, 11) is 1.81. The zero-order valence-electron chi connectivity index (χ0n) is 10.2. The SMILES string of the molecule is CNCc1cn(Cc2ccc(Cl)cc2[N+](=O)[O-])nn1. The van der Waals surface area contributed by atoms with E-state index in [4.69, 9.17) is 11.6 Å². The van der Waals surface area contributed by atoms with E-state index in [0.29, 0.717) is 17.1 Å². The Hall–Kier alpha value is -1.99. The van der Waals surface area contributed by atoms with Crippen molar-refractivity contribution in [2.45, 2.75) is 13.1 Å². The van der Waals surface area contributed by atoms with Crippen LogP contribution in [0.2, 0.25) is 5.02 Å². The second kappa shape index (κ2) is 5.77. The Labute approximate surface area is 114 Å². The van der Waals surface area contributed by atoms with Gasteiger partial charge in [0.1, 0.15) is 0 Å². The third-order valence-electron chi connectivity index (χ3n) is 2.52. The van der Waals surface area contributed by atoms with E-state index in [1.165, 1.54) is 6.07 Å². The van der Waals surface area contributed by atoms with E-state index in [1.54, 1.807) is 23.0 Å². The topological polar surface area (TPSA) is 85.9 Å². The molecule has 1 aromatic heterocycles. The number of benzene rings is 1. The number of halogens is 1. The first-order valence-electron chi connectivity index (χ1n) is 5.56. The number of nitrogens with zero attached hydrogens (tertiary/aromatic N) is 4. The minimum Gasteiger partial charge on any atom is -0.314 e. The predicted octanol–water partition coefficient (Wildman–Crippen LogP) is 1.61. The number of nitro groups is 1. The molecular weight excluding hydrogens is 270 g/mol. The Morgan fingerprint density at radius 3 is 3.00 bits per heavy atom. The van der Waals surface area contributed by atoms with Crippen molar-refractivity contribution in [3.8, 4) is 0 Å². The average molecular weight is 282 g/mol. The lowest BCUT2D eigenvalue weighted by atomic mass is 10.2. The first-order chi connectivity index (χ1) is 9.10. The zero-order chi connectivity index (χ0) is 13.8. The molecular formula is C11H12ClN5O2. The summed E-state index contributed by atoms with van der Waals surface area (Å²) in [4.78, 5) is 10.5. The summed E-state index contributed by atoms with van der Waals surface area (Å²) in [6, 6.07) is 4.58. The number of aromatic nitrogens is 3. The van der Waals surface area contributed by atoms with E-state index in [9.17, 15) is 10.1 Å². The fourth-order valence-corrected chi connectivity index (χ4v) is 1.86. The van der Waals surface area contributed by atoms with Crippen LogP contribution in [-0.2, 0) is 13.1 Å². The van der Waals surface area contributed by atoms with E-state index in [-0.39, 0.29) is 12.2 Å². The van der Waals surface area contributed by atoms with Crippen LogP contribution in [0.5, 0.6) is 0 Å². The Balaban J connectivity index is 2.24. The van der Waals surface area contributed by atoms with Gasteiger partial charge in [-0.2, -0.15) is 0 Å². The Bertz CT molecular complexity index is 599. The number of rotatable bonds is 5. The van der Waals surface area contributed by atoms with Crippen molar-refractivity contribution in [1.29, 1.82) is 0 Å². The van der Waals surface area contributed by atoms with Gasteiger partial charge >= 0.3 is 0 Å². The summed E-state index contributed by atoms with van der Waals surface area (Å²) < 4.78 is 1.56. The van der Waals surface area contributed by atoms with Crippen LogP contribution < -0.4 is 5.32 Å². The molecule has 0 bridgehead atoms. The fraction of sp³-hybridized carbons (Fsp3) is 0.273. The molecule has 1 heterocycles. The van der Waals surface area contributed by atoms with Gasteiger partial charge in [-0.1, -0.05) is 16.8 Å². The van der Waals surface area contributed by atoms with Crippen LogP contribution in [0.4, 0.5) is 5.69 Å². The van der Waals surface area contributed by atoms with Crippen molar-refractivity contribution in [1.82, 2.24) is 20.3 Å². The molecule has 8 heteroatoms. The Morgan fingerprint density at radius 1 is 1.53 bits per heavy atom. The molecule has 0 amide bonds. The van der Waals surface area contributed by atoms with E-state index in [1.807, 2.05) is 7.05 Å². The maximum Gasteiger partial charge on any atom is 0.275 e. The van der Waals surface area contributed by atoms with Crippen molar-refractivity contribution in [2.75, 3.05) is 7.05 Å². The van der Waals surface area contributed by atoms with Gasteiger partial charge in [-0.05, 0) is 19.2 Å². The Kier molecular flexibility index (Phi) is 4.08. The molecule has 0 saturated heterocycles. The highest BCUT2D eigenvalue weighted by atomic mass is 35.5. The van der Waals surface area contributed by atoms with Crippen LogP contribution in [0.1, 0.15) is 11.3 Å². The molecule has 0 atom stereocenters. The standard InChI is InChI=1S/C11H12ClN5O2/c1-13-5-10-7-16(15-14-10)6-8-2-3-9(12)4-11(8)17(18)19/h2-4,7,13H,5-6H2,1H3. The second-order valence-corrected chi connectivity index (χ2v) is 4.40. The van der Waals surface area contributed by atoms with Gasteiger partial charge in [0.2, 0.25) is 0 Å². The van der Waals surface area contributed by atoms with Crippen molar-refractivity contribution in [2.24, 2.45) is 0 Å². The van der Waals surface area contributed by atoms with Gasteiger partial charge in [0.25, 0.3) is 5.69 Å². The fourth-order valence-electron chi connectivity index (χ4n) is 1.69. The van der Waals surface area contributed by atoms with Crippen LogP contribution in [-0.4, -0.2) is 27.0 Å². The third-order valence-corrected chi connectivity index (χ3v) is 2.76. The summed E-state index contributed by atoms with van der Waals surface area (Å²) in [6.07, 6.45) is 1.74. The highest BCUT2D eigenvalue weighted by Gasteiger charge is 2.15. The lowest BCUT2D eigenvalue weighted by Crippen LogP contribution is -2.05. The summed E-state index contributed by atoms with van der Waals surface area (Å²) in [6.45, 7) is 0.882. The van der Waals surface area contributed by atoms with Crippen LogP contribution in [0.3, 0.4) is 0 Å². The summed E-state index contributed by atoms with van der Waals surface area (Å²) in [5.74, 6) is 0. The Morgan fingerprint density at radius 2 is 2.32 bits per heavy atom. The number of nitro benzene ring substituents is 1. The summed E-state index contributed by atoms with van der Waals surface area (Å²) in [5, 5.41) is 22.1. The van der Waals surface area contributed by atoms with Crippen molar-refractivity contribution >= 4 is 17.3 Å². The minimum atomic E-state index is -0.452. The van der Waals surface area contributed by atoms with Gasteiger partial charge in [0, 0.05) is 17.6 Å². The molecule has 0 spiro atoms. The van der Waals surface area contributed by atoms with Crippen molar-refractivity contribution in [3.63, 3.8) is 0 Å². The monoisotopic (exact) mass is 281 g/mol. The van der Waals surface area contributed by atoms with Crippen LogP contribution in [0.25, 0.3) is 0 Å². The maximum absolute atomic E-state index is 11.0. The summed E-state index contributed by atoms with van der Waals surface area (Å²) in [5.41, 5.74) is 1.30. The second-order valence-electron chi connectivity index (χ2n) is 3.97. The molecule has 0 unspecified atom stereocenters. The van der Waals surface area contributed by atoms with E-state index in [2.05, 4.69) is 15.6 Å². The predicted molar refractivity (Wildman–Crippen MR) is 70.0 cm³/mol. The molecule has 1 N–H and O–H groups in total. The van der Waals surface area contributed by atoms with E-state index in [0.717, 1.165) is 5.69 Å².